The molecule has 0 aliphatic rings. The number of rotatable bonds is 5. The zero-order valence-corrected chi connectivity index (χ0v) is 12.6. The van der Waals surface area contributed by atoms with Gasteiger partial charge in [-0.2, -0.15) is 0 Å². The average molecular weight is 284 g/mol. The van der Waals surface area contributed by atoms with Gasteiger partial charge >= 0.3 is 0 Å². The van der Waals surface area contributed by atoms with E-state index in [4.69, 9.17) is 0 Å². The molecule has 2 aromatic rings. The second-order valence-corrected chi connectivity index (χ2v) is 4.77. The summed E-state index contributed by atoms with van der Waals surface area (Å²) in [4.78, 5) is 12.0. The van der Waals surface area contributed by atoms with E-state index in [0.717, 1.165) is 35.6 Å². The van der Waals surface area contributed by atoms with Crippen LogP contribution >= 0.6 is 0 Å². The van der Waals surface area contributed by atoms with Gasteiger partial charge in [0, 0.05) is 23.4 Å². The van der Waals surface area contributed by atoms with Gasteiger partial charge in [0.15, 0.2) is 5.82 Å². The van der Waals surface area contributed by atoms with E-state index < -0.39 is 0 Å². The van der Waals surface area contributed by atoms with Gasteiger partial charge in [0.25, 0.3) is 5.91 Å². The third kappa shape index (κ3) is 3.56. The second kappa shape index (κ2) is 6.83. The number of nitrogens with zero attached hydrogens (tertiary/aromatic N) is 3. The lowest BCUT2D eigenvalue weighted by atomic mass is 10.1. The first-order chi connectivity index (χ1) is 10.2. The van der Waals surface area contributed by atoms with Crippen LogP contribution in [-0.4, -0.2) is 20.7 Å². The molecule has 0 aliphatic heterocycles. The third-order valence-corrected chi connectivity index (χ3v) is 3.20. The molecule has 0 spiro atoms. The normalized spacial score (nSPS) is 11.5. The Morgan fingerprint density at radius 2 is 2.19 bits per heavy atom. The molecular weight excluding hydrogens is 264 g/mol. The fourth-order valence-electron chi connectivity index (χ4n) is 2.07. The van der Waals surface area contributed by atoms with E-state index in [2.05, 4.69) is 15.5 Å². The minimum Gasteiger partial charge on any atom is -0.322 e. The highest BCUT2D eigenvalue weighted by molar-refractivity contribution is 6.03. The topological polar surface area (TPSA) is 59.8 Å². The van der Waals surface area contributed by atoms with Crippen LogP contribution in [0.15, 0.2) is 42.2 Å². The van der Waals surface area contributed by atoms with Crippen molar-refractivity contribution in [2.24, 2.45) is 0 Å². The minimum absolute atomic E-state index is 0.0778. The number of carbonyl (C=O) groups is 1. The van der Waals surface area contributed by atoms with Gasteiger partial charge in [-0.3, -0.25) is 4.79 Å². The lowest BCUT2D eigenvalue weighted by Crippen LogP contribution is -2.12. The molecule has 0 saturated heterocycles. The van der Waals surface area contributed by atoms with E-state index in [0.29, 0.717) is 0 Å². The van der Waals surface area contributed by atoms with Crippen LogP contribution in [-0.2, 0) is 11.3 Å². The van der Waals surface area contributed by atoms with Crippen LogP contribution in [0.25, 0.3) is 11.4 Å². The summed E-state index contributed by atoms with van der Waals surface area (Å²) in [7, 11) is 0. The Hall–Kier alpha value is -2.43. The molecule has 5 heteroatoms. The molecule has 2 rings (SSSR count). The molecule has 5 nitrogen and oxygen atoms in total. The first kappa shape index (κ1) is 15.0. The largest absolute Gasteiger partial charge is 0.322 e. The number of amides is 1. The van der Waals surface area contributed by atoms with Gasteiger partial charge in [-0.15, -0.1) is 10.2 Å². The van der Waals surface area contributed by atoms with Gasteiger partial charge in [-0.05, 0) is 32.4 Å². The van der Waals surface area contributed by atoms with E-state index in [1.807, 2.05) is 55.7 Å². The minimum atomic E-state index is -0.0778. The van der Waals surface area contributed by atoms with Crippen molar-refractivity contribution in [3.05, 3.63) is 42.2 Å². The number of allylic oxidation sites excluding steroid dienone is 1. The predicted octanol–water partition coefficient (Wildman–Crippen LogP) is 3.26. The van der Waals surface area contributed by atoms with Gasteiger partial charge in [0.1, 0.15) is 6.33 Å². The fourth-order valence-corrected chi connectivity index (χ4v) is 2.07. The number of benzene rings is 1. The number of hydrogen-bond donors (Lipinski definition) is 1. The number of nitrogens with one attached hydrogen (secondary N) is 1. The molecule has 21 heavy (non-hydrogen) atoms. The first-order valence-corrected chi connectivity index (χ1v) is 7.12. The van der Waals surface area contributed by atoms with Crippen molar-refractivity contribution in [2.75, 3.05) is 5.32 Å². The zero-order valence-electron chi connectivity index (χ0n) is 12.6. The molecule has 1 amide bonds. The Labute approximate surface area is 124 Å². The van der Waals surface area contributed by atoms with Crippen molar-refractivity contribution in [2.45, 2.75) is 33.7 Å². The van der Waals surface area contributed by atoms with Crippen LogP contribution in [0.2, 0.25) is 0 Å². The summed E-state index contributed by atoms with van der Waals surface area (Å²) in [6, 6.07) is 7.64. The molecule has 1 aromatic carbocycles. The van der Waals surface area contributed by atoms with Crippen LogP contribution in [0.1, 0.15) is 27.2 Å². The van der Waals surface area contributed by atoms with Gasteiger partial charge in [-0.1, -0.05) is 25.1 Å². The van der Waals surface area contributed by atoms with Gasteiger partial charge in [-0.25, -0.2) is 0 Å². The van der Waals surface area contributed by atoms with E-state index in [9.17, 15) is 4.79 Å². The van der Waals surface area contributed by atoms with Crippen molar-refractivity contribution < 1.29 is 4.79 Å². The highest BCUT2D eigenvalue weighted by Gasteiger charge is 2.08. The molecule has 1 heterocycles. The van der Waals surface area contributed by atoms with Gasteiger partial charge in [0.2, 0.25) is 0 Å². The molecule has 0 saturated carbocycles. The van der Waals surface area contributed by atoms with Crippen molar-refractivity contribution in [3.8, 4) is 11.4 Å². The summed E-state index contributed by atoms with van der Waals surface area (Å²) in [6.45, 7) is 6.67. The lowest BCUT2D eigenvalue weighted by Gasteiger charge is -2.08. The summed E-state index contributed by atoms with van der Waals surface area (Å²) in [5.74, 6) is 0.723. The standard InChI is InChI=1S/C16H20N4O/c1-4-7-12(3)16(21)18-14-9-6-8-13(10-14)15-19-17-11-20(15)5-2/h6-11H,4-5H2,1-3H3,(H,18,21). The van der Waals surface area contributed by atoms with Crippen LogP contribution < -0.4 is 5.32 Å². The average Bonchev–Trinajstić information content (AvgIpc) is 2.96. The monoisotopic (exact) mass is 284 g/mol. The maximum atomic E-state index is 12.0. The molecule has 1 N–H and O–H groups in total. The number of anilines is 1. The number of carbonyl (C=O) groups excluding carboxylic acids is 1. The molecule has 0 unspecified atom stereocenters. The lowest BCUT2D eigenvalue weighted by molar-refractivity contribution is -0.112. The molecule has 0 radical (unpaired) electrons. The Morgan fingerprint density at radius 1 is 1.38 bits per heavy atom. The molecular formula is C16H20N4O. The SMILES string of the molecule is CCC=C(C)C(=O)Nc1cccc(-c2nncn2CC)c1. The van der Waals surface area contributed by atoms with E-state index in [1.165, 1.54) is 0 Å². The summed E-state index contributed by atoms with van der Waals surface area (Å²) >= 11 is 0. The fraction of sp³-hybridized carbons (Fsp3) is 0.312. The molecule has 0 fully saturated rings. The molecule has 1 aromatic heterocycles. The summed E-state index contributed by atoms with van der Waals surface area (Å²) in [5, 5.41) is 11.0. The van der Waals surface area contributed by atoms with Crippen molar-refractivity contribution in [1.29, 1.82) is 0 Å². The number of aromatic nitrogens is 3. The van der Waals surface area contributed by atoms with Crippen LogP contribution in [0.4, 0.5) is 5.69 Å². The predicted molar refractivity (Wildman–Crippen MR) is 83.8 cm³/mol. The quantitative estimate of drug-likeness (QED) is 0.857. The Bertz CT molecular complexity index is 658. The Kier molecular flexibility index (Phi) is 4.87. The van der Waals surface area contributed by atoms with Crippen LogP contribution in [0.5, 0.6) is 0 Å². The Morgan fingerprint density at radius 3 is 2.90 bits per heavy atom. The van der Waals surface area contributed by atoms with E-state index in [1.54, 1.807) is 6.33 Å². The van der Waals surface area contributed by atoms with Crippen molar-refractivity contribution >= 4 is 11.6 Å². The number of hydrogen-bond acceptors (Lipinski definition) is 3. The molecule has 0 bridgehead atoms. The molecule has 0 atom stereocenters. The highest BCUT2D eigenvalue weighted by atomic mass is 16.1. The van der Waals surface area contributed by atoms with Gasteiger partial charge < -0.3 is 9.88 Å². The van der Waals surface area contributed by atoms with Crippen LogP contribution in [0.3, 0.4) is 0 Å². The first-order valence-electron chi connectivity index (χ1n) is 7.12. The maximum absolute atomic E-state index is 12.0. The smallest absolute Gasteiger partial charge is 0.250 e. The summed E-state index contributed by atoms with van der Waals surface area (Å²) in [6.07, 6.45) is 4.46. The zero-order chi connectivity index (χ0) is 15.2. The van der Waals surface area contributed by atoms with Crippen molar-refractivity contribution in [3.63, 3.8) is 0 Å². The highest BCUT2D eigenvalue weighted by Crippen LogP contribution is 2.21. The van der Waals surface area contributed by atoms with Gasteiger partial charge in [0.05, 0.1) is 0 Å². The van der Waals surface area contributed by atoms with Crippen molar-refractivity contribution in [1.82, 2.24) is 14.8 Å². The Balaban J connectivity index is 2.23. The maximum Gasteiger partial charge on any atom is 0.250 e. The summed E-state index contributed by atoms with van der Waals surface area (Å²) < 4.78 is 1.96. The number of aryl methyl sites for hydroxylation is 1. The van der Waals surface area contributed by atoms with E-state index >= 15 is 0 Å². The second-order valence-electron chi connectivity index (χ2n) is 4.77. The van der Waals surface area contributed by atoms with Crippen LogP contribution in [0, 0.1) is 0 Å². The van der Waals surface area contributed by atoms with E-state index in [-0.39, 0.29) is 5.91 Å². The summed E-state index contributed by atoms with van der Waals surface area (Å²) in [5.41, 5.74) is 2.41. The molecule has 110 valence electrons. The molecule has 0 aliphatic carbocycles. The third-order valence-electron chi connectivity index (χ3n) is 3.20.